The van der Waals surface area contributed by atoms with Crippen LogP contribution < -0.4 is 14.4 Å². The number of carbonyl (C=O) groups is 1. The predicted molar refractivity (Wildman–Crippen MR) is 139 cm³/mol. The maximum atomic E-state index is 14.2. The Hall–Kier alpha value is -3.96. The molecule has 2 heterocycles. The molecule has 198 valence electrons. The molecule has 0 bridgehead atoms. The molecule has 0 spiro atoms. The van der Waals surface area contributed by atoms with Crippen LogP contribution in [0, 0.1) is 17.0 Å². The molecular weight excluding hydrogens is 510 g/mol. The van der Waals surface area contributed by atoms with Crippen molar-refractivity contribution in [2.75, 3.05) is 18.5 Å². The molecule has 38 heavy (non-hydrogen) atoms. The second-order valence-electron chi connectivity index (χ2n) is 9.66. The number of benzene rings is 3. The van der Waals surface area contributed by atoms with Crippen LogP contribution in [0.15, 0.2) is 77.7 Å². The highest BCUT2D eigenvalue weighted by molar-refractivity contribution is 7.93. The summed E-state index contributed by atoms with van der Waals surface area (Å²) in [5.41, 5.74) is -2.18. The Morgan fingerprint density at radius 1 is 1.03 bits per heavy atom. The van der Waals surface area contributed by atoms with E-state index in [0.29, 0.717) is 11.3 Å². The number of sulfonamides is 1. The van der Waals surface area contributed by atoms with E-state index in [0.717, 1.165) is 9.87 Å². The zero-order valence-corrected chi connectivity index (χ0v) is 22.1. The Labute approximate surface area is 220 Å². The minimum atomic E-state index is -4.36. The molecule has 2 aliphatic rings. The summed E-state index contributed by atoms with van der Waals surface area (Å²) < 4.78 is 39.9. The van der Waals surface area contributed by atoms with Crippen LogP contribution in [0.25, 0.3) is 0 Å². The van der Waals surface area contributed by atoms with E-state index in [9.17, 15) is 23.3 Å². The average molecular weight is 538 g/mol. The number of nitro groups is 1. The summed E-state index contributed by atoms with van der Waals surface area (Å²) in [6, 6.07) is 16.6. The molecule has 4 atom stereocenters. The Morgan fingerprint density at radius 2 is 1.66 bits per heavy atom. The van der Waals surface area contributed by atoms with E-state index in [4.69, 9.17) is 9.47 Å². The maximum absolute atomic E-state index is 14.2. The van der Waals surface area contributed by atoms with Crippen LogP contribution in [0.1, 0.15) is 29.7 Å². The van der Waals surface area contributed by atoms with Gasteiger partial charge in [-0.2, -0.15) is 0 Å². The number of carbonyl (C=O) groups excluding carboxylic acids is 1. The van der Waals surface area contributed by atoms with Crippen LogP contribution >= 0.6 is 0 Å². The highest BCUT2D eigenvalue weighted by atomic mass is 32.2. The number of nitrogens with zero attached hydrogens (tertiary/aromatic N) is 2. The Morgan fingerprint density at radius 3 is 2.24 bits per heavy atom. The van der Waals surface area contributed by atoms with Crippen molar-refractivity contribution in [3.63, 3.8) is 0 Å². The SMILES string of the molecule is COC(=O)[C@]1(C)N[C@@H](c2ccc(OC)cc2)[C@@]2([N+](=O)[O-])c3ccccc3N(S(=O)(=O)c3ccc(C)cc3)[C@H]21. The lowest BCUT2D eigenvalue weighted by Gasteiger charge is -2.35. The molecule has 1 fully saturated rings. The summed E-state index contributed by atoms with van der Waals surface area (Å²) in [4.78, 5) is 26.2. The first kappa shape index (κ1) is 25.7. The topological polar surface area (TPSA) is 128 Å². The van der Waals surface area contributed by atoms with Crippen LogP contribution in [-0.2, 0) is 25.1 Å². The fraction of sp³-hybridized carbons (Fsp3) is 0.296. The van der Waals surface area contributed by atoms with Crippen molar-refractivity contribution in [2.45, 2.75) is 41.9 Å². The zero-order valence-electron chi connectivity index (χ0n) is 21.2. The summed E-state index contributed by atoms with van der Waals surface area (Å²) in [5.74, 6) is -0.272. The van der Waals surface area contributed by atoms with Crippen molar-refractivity contribution in [1.29, 1.82) is 0 Å². The highest BCUT2D eigenvalue weighted by Crippen LogP contribution is 2.60. The monoisotopic (exact) mass is 537 g/mol. The van der Waals surface area contributed by atoms with Gasteiger partial charge in [0, 0.05) is 4.92 Å². The molecule has 10 nitrogen and oxygen atoms in total. The number of anilines is 1. The van der Waals surface area contributed by atoms with E-state index in [1.165, 1.54) is 39.3 Å². The van der Waals surface area contributed by atoms with Gasteiger partial charge >= 0.3 is 5.97 Å². The van der Waals surface area contributed by atoms with Gasteiger partial charge in [-0.25, -0.2) is 13.2 Å². The quantitative estimate of drug-likeness (QED) is 0.288. The standard InChI is InChI=1S/C27H27N3O7S/c1-17-9-15-20(16-10-17)38(34,35)29-22-8-6-5-7-21(22)27(30(32)33)23(18-11-13-19(36-3)14-12-18)28-26(2,24(27)29)25(31)37-4/h5-16,23-24,28H,1-4H3/t23-,24-,26+,27-/m0/s1. The molecule has 0 radical (unpaired) electrons. The van der Waals surface area contributed by atoms with Gasteiger partial charge in [-0.1, -0.05) is 42.0 Å². The van der Waals surface area contributed by atoms with Crippen molar-refractivity contribution in [3.8, 4) is 5.75 Å². The van der Waals surface area contributed by atoms with E-state index in [2.05, 4.69) is 5.32 Å². The Balaban J connectivity index is 1.84. The molecule has 5 rings (SSSR count). The predicted octanol–water partition coefficient (Wildman–Crippen LogP) is 3.33. The van der Waals surface area contributed by atoms with Gasteiger partial charge < -0.3 is 9.47 Å². The van der Waals surface area contributed by atoms with Crippen LogP contribution in [0.4, 0.5) is 5.69 Å². The molecule has 0 unspecified atom stereocenters. The number of ether oxygens (including phenoxy) is 2. The molecule has 3 aromatic rings. The average Bonchev–Trinajstić information content (AvgIpc) is 3.39. The van der Waals surface area contributed by atoms with Gasteiger partial charge in [0.25, 0.3) is 15.6 Å². The van der Waals surface area contributed by atoms with Gasteiger partial charge in [-0.05, 0) is 55.8 Å². The van der Waals surface area contributed by atoms with E-state index in [-0.39, 0.29) is 16.1 Å². The molecule has 11 heteroatoms. The fourth-order valence-corrected chi connectivity index (χ4v) is 7.63. The molecular formula is C27H27N3O7S. The van der Waals surface area contributed by atoms with E-state index >= 15 is 0 Å². The second kappa shape index (κ2) is 8.81. The number of esters is 1. The lowest BCUT2D eigenvalue weighted by molar-refractivity contribution is -0.582. The molecule has 1 saturated heterocycles. The smallest absolute Gasteiger partial charge is 0.328 e. The first-order valence-corrected chi connectivity index (χ1v) is 13.3. The minimum Gasteiger partial charge on any atom is -0.497 e. The molecule has 0 aromatic heterocycles. The Bertz CT molecular complexity index is 1520. The number of hydrogen-bond donors (Lipinski definition) is 1. The third kappa shape index (κ3) is 3.35. The number of methoxy groups -OCH3 is 2. The van der Waals surface area contributed by atoms with E-state index < -0.39 is 44.1 Å². The van der Waals surface area contributed by atoms with Crippen LogP contribution in [0.5, 0.6) is 5.75 Å². The molecule has 3 aromatic carbocycles. The third-order valence-electron chi connectivity index (χ3n) is 7.59. The molecule has 1 N–H and O–H groups in total. The van der Waals surface area contributed by atoms with Gasteiger partial charge in [-0.15, -0.1) is 0 Å². The second-order valence-corrected chi connectivity index (χ2v) is 11.5. The first-order valence-electron chi connectivity index (χ1n) is 11.9. The molecule has 0 aliphatic carbocycles. The first-order chi connectivity index (χ1) is 18.0. The summed E-state index contributed by atoms with van der Waals surface area (Å²) in [5, 5.41) is 16.4. The van der Waals surface area contributed by atoms with Crippen molar-refractivity contribution in [1.82, 2.24) is 5.32 Å². The number of fused-ring (bicyclic) bond motifs is 3. The summed E-state index contributed by atoms with van der Waals surface area (Å²) >= 11 is 0. The van der Waals surface area contributed by atoms with Gasteiger partial charge in [0.15, 0.2) is 6.04 Å². The summed E-state index contributed by atoms with van der Waals surface area (Å²) in [7, 11) is -1.68. The number of rotatable bonds is 6. The van der Waals surface area contributed by atoms with Crippen molar-refractivity contribution < 1.29 is 27.6 Å². The van der Waals surface area contributed by atoms with Gasteiger partial charge in [0.05, 0.1) is 30.4 Å². The number of hydrogen-bond acceptors (Lipinski definition) is 8. The van der Waals surface area contributed by atoms with Gasteiger partial charge in [0.1, 0.15) is 17.3 Å². The molecule has 0 amide bonds. The number of para-hydroxylation sites is 1. The van der Waals surface area contributed by atoms with Crippen LogP contribution in [0.3, 0.4) is 0 Å². The van der Waals surface area contributed by atoms with Crippen LogP contribution in [-0.4, -0.2) is 45.1 Å². The lowest BCUT2D eigenvalue weighted by atomic mass is 9.76. The van der Waals surface area contributed by atoms with E-state index in [1.807, 2.05) is 6.92 Å². The van der Waals surface area contributed by atoms with Crippen molar-refractivity contribution in [2.24, 2.45) is 0 Å². The van der Waals surface area contributed by atoms with Crippen molar-refractivity contribution in [3.05, 3.63) is 99.6 Å². The van der Waals surface area contributed by atoms with Crippen molar-refractivity contribution >= 4 is 21.7 Å². The fourth-order valence-electron chi connectivity index (χ4n) is 5.86. The van der Waals surface area contributed by atoms with Gasteiger partial charge in [-0.3, -0.25) is 19.7 Å². The highest BCUT2D eigenvalue weighted by Gasteiger charge is 2.79. The molecule has 2 aliphatic heterocycles. The number of aryl methyl sites for hydroxylation is 1. The Kier molecular flexibility index (Phi) is 5.96. The summed E-state index contributed by atoms with van der Waals surface area (Å²) in [6.45, 7) is 3.28. The third-order valence-corrected chi connectivity index (χ3v) is 9.39. The summed E-state index contributed by atoms with van der Waals surface area (Å²) in [6.07, 6.45) is 0. The van der Waals surface area contributed by atoms with E-state index in [1.54, 1.807) is 54.6 Å². The van der Waals surface area contributed by atoms with Gasteiger partial charge in [0.2, 0.25) is 0 Å². The maximum Gasteiger partial charge on any atom is 0.328 e. The number of nitrogens with one attached hydrogen (secondary N) is 1. The minimum absolute atomic E-state index is 0.0443. The lowest BCUT2D eigenvalue weighted by Crippen LogP contribution is -2.62. The van der Waals surface area contributed by atoms with Crippen LogP contribution in [0.2, 0.25) is 0 Å². The largest absolute Gasteiger partial charge is 0.497 e. The zero-order chi connectivity index (χ0) is 27.5. The molecule has 0 saturated carbocycles. The normalized spacial score (nSPS) is 25.9.